The molecule has 0 saturated carbocycles. The van der Waals surface area contributed by atoms with Crippen LogP contribution in [0.2, 0.25) is 0 Å². The summed E-state index contributed by atoms with van der Waals surface area (Å²) >= 11 is 0. The minimum Gasteiger partial charge on any atom is -0.444 e. The van der Waals surface area contributed by atoms with Crippen molar-refractivity contribution in [2.45, 2.75) is 85.5 Å². The number of nitrogens with one attached hydrogen (secondary N) is 2. The highest BCUT2D eigenvalue weighted by molar-refractivity contribution is 5.93. The number of nitrogens with zero attached hydrogens (tertiary/aromatic N) is 1. The molecule has 0 fully saturated rings. The maximum atomic E-state index is 13.2. The van der Waals surface area contributed by atoms with E-state index in [0.717, 1.165) is 16.0 Å². The standard InChI is InChI=1S/C24H35N3O4/c1-11-27(21(29)17(4)25-22(30)31-24(8,9)10)19(20(28)26-23(5,6)7)18-14-15(2)12-13-16(18)3/h1,12-14,17,19H,2-10H3,(H,25,30)(H,26,28). The van der Waals surface area contributed by atoms with Crippen molar-refractivity contribution < 1.29 is 19.1 Å². The van der Waals surface area contributed by atoms with E-state index in [0.29, 0.717) is 5.56 Å². The first-order valence-electron chi connectivity index (χ1n) is 10.2. The SMILES string of the molecule is C#CN(C(=O)C(C)NC(=O)OC(C)(C)C)C(C(=O)NC(C)(C)C)c1cc(C)ccc1C. The van der Waals surface area contributed by atoms with Crippen LogP contribution in [0, 0.1) is 26.3 Å². The van der Waals surface area contributed by atoms with Gasteiger partial charge in [0.05, 0.1) is 0 Å². The lowest BCUT2D eigenvalue weighted by atomic mass is 9.95. The van der Waals surface area contributed by atoms with Gasteiger partial charge in [-0.05, 0) is 73.4 Å². The van der Waals surface area contributed by atoms with Gasteiger partial charge in [0.25, 0.3) is 5.91 Å². The summed E-state index contributed by atoms with van der Waals surface area (Å²) in [5, 5.41) is 5.40. The van der Waals surface area contributed by atoms with Gasteiger partial charge in [-0.15, -0.1) is 0 Å². The van der Waals surface area contributed by atoms with Gasteiger partial charge in [0.2, 0.25) is 5.91 Å². The first kappa shape index (κ1) is 26.0. The lowest BCUT2D eigenvalue weighted by Crippen LogP contribution is -2.52. The second kappa shape index (κ2) is 9.86. The molecule has 0 bridgehead atoms. The summed E-state index contributed by atoms with van der Waals surface area (Å²) in [6, 6.07) is 5.93. The summed E-state index contributed by atoms with van der Waals surface area (Å²) in [7, 11) is 0. The summed E-state index contributed by atoms with van der Waals surface area (Å²) < 4.78 is 5.21. The molecule has 2 atom stereocenters. The largest absolute Gasteiger partial charge is 0.444 e. The predicted octanol–water partition coefficient (Wildman–Crippen LogP) is 3.59. The van der Waals surface area contributed by atoms with Crippen LogP contribution in [0.5, 0.6) is 0 Å². The summed E-state index contributed by atoms with van der Waals surface area (Å²) in [6.45, 7) is 16.0. The second-order valence-electron chi connectivity index (χ2n) is 9.71. The number of rotatable bonds is 5. The van der Waals surface area contributed by atoms with Gasteiger partial charge in [-0.3, -0.25) is 14.5 Å². The summed E-state index contributed by atoms with van der Waals surface area (Å²) in [6.07, 6.45) is 4.96. The number of amides is 3. The predicted molar refractivity (Wildman–Crippen MR) is 121 cm³/mol. The molecule has 0 saturated heterocycles. The number of benzene rings is 1. The molecule has 0 aliphatic rings. The van der Waals surface area contributed by atoms with E-state index in [4.69, 9.17) is 11.2 Å². The van der Waals surface area contributed by atoms with Gasteiger partial charge < -0.3 is 15.4 Å². The highest BCUT2D eigenvalue weighted by Crippen LogP contribution is 2.27. The van der Waals surface area contributed by atoms with Gasteiger partial charge in [0, 0.05) is 11.6 Å². The Morgan fingerprint density at radius 3 is 2.16 bits per heavy atom. The van der Waals surface area contributed by atoms with Gasteiger partial charge in [0.15, 0.2) is 0 Å². The topological polar surface area (TPSA) is 87.7 Å². The fraction of sp³-hybridized carbons (Fsp3) is 0.542. The van der Waals surface area contributed by atoms with Crippen molar-refractivity contribution in [1.82, 2.24) is 15.5 Å². The number of hydrogen-bond donors (Lipinski definition) is 2. The monoisotopic (exact) mass is 429 g/mol. The van der Waals surface area contributed by atoms with Crippen LogP contribution in [0.3, 0.4) is 0 Å². The Labute approximate surface area is 185 Å². The van der Waals surface area contributed by atoms with E-state index < -0.39 is 41.1 Å². The normalized spacial score (nSPS) is 13.4. The lowest BCUT2D eigenvalue weighted by Gasteiger charge is -2.32. The third kappa shape index (κ3) is 7.97. The Morgan fingerprint density at radius 2 is 1.68 bits per heavy atom. The van der Waals surface area contributed by atoms with Crippen molar-refractivity contribution in [3.8, 4) is 12.5 Å². The van der Waals surface area contributed by atoms with Crippen LogP contribution in [0.1, 0.15) is 71.2 Å². The summed E-state index contributed by atoms with van der Waals surface area (Å²) in [5.41, 5.74) is 1.12. The molecule has 31 heavy (non-hydrogen) atoms. The zero-order valence-electron chi connectivity index (χ0n) is 20.0. The van der Waals surface area contributed by atoms with Crippen LogP contribution in [-0.2, 0) is 14.3 Å². The zero-order chi connectivity index (χ0) is 24.1. The third-order valence-corrected chi connectivity index (χ3v) is 4.21. The maximum Gasteiger partial charge on any atom is 0.408 e. The van der Waals surface area contributed by atoms with Crippen molar-refractivity contribution in [3.63, 3.8) is 0 Å². The van der Waals surface area contributed by atoms with E-state index in [1.165, 1.54) is 6.92 Å². The Bertz CT molecular complexity index is 872. The molecule has 0 radical (unpaired) electrons. The maximum absolute atomic E-state index is 13.2. The first-order chi connectivity index (χ1) is 14.1. The number of aryl methyl sites for hydroxylation is 2. The number of hydrogen-bond acceptors (Lipinski definition) is 4. The molecule has 2 N–H and O–H groups in total. The van der Waals surface area contributed by atoms with Crippen LogP contribution in [0.25, 0.3) is 0 Å². The van der Waals surface area contributed by atoms with Crippen molar-refractivity contribution in [3.05, 3.63) is 34.9 Å². The molecule has 3 amide bonds. The minimum absolute atomic E-state index is 0.406. The molecule has 1 aromatic rings. The molecule has 0 spiro atoms. The van der Waals surface area contributed by atoms with E-state index >= 15 is 0 Å². The number of ether oxygens (including phenoxy) is 1. The number of alkyl carbamates (subject to hydrolysis) is 1. The zero-order valence-corrected chi connectivity index (χ0v) is 20.0. The molecule has 0 aliphatic carbocycles. The average Bonchev–Trinajstić information content (AvgIpc) is 2.57. The average molecular weight is 430 g/mol. The second-order valence-corrected chi connectivity index (χ2v) is 9.71. The highest BCUT2D eigenvalue weighted by atomic mass is 16.6. The Kier molecular flexibility index (Phi) is 8.28. The fourth-order valence-corrected chi connectivity index (χ4v) is 2.91. The number of carbonyl (C=O) groups is 3. The van der Waals surface area contributed by atoms with Crippen LogP contribution in [0.15, 0.2) is 18.2 Å². The summed E-state index contributed by atoms with van der Waals surface area (Å²) in [4.78, 5) is 39.6. The Hall–Kier alpha value is -3.01. The van der Waals surface area contributed by atoms with Gasteiger partial charge in [0.1, 0.15) is 17.7 Å². The highest BCUT2D eigenvalue weighted by Gasteiger charge is 2.36. The smallest absolute Gasteiger partial charge is 0.408 e. The molecule has 0 aromatic heterocycles. The van der Waals surface area contributed by atoms with Crippen LogP contribution < -0.4 is 10.6 Å². The van der Waals surface area contributed by atoms with Crippen LogP contribution >= 0.6 is 0 Å². The Morgan fingerprint density at radius 1 is 1.10 bits per heavy atom. The number of terminal acetylenes is 1. The molecule has 0 heterocycles. The fourth-order valence-electron chi connectivity index (χ4n) is 2.91. The first-order valence-corrected chi connectivity index (χ1v) is 10.2. The third-order valence-electron chi connectivity index (χ3n) is 4.21. The molecule has 0 aliphatic heterocycles. The molecular weight excluding hydrogens is 394 g/mol. The minimum atomic E-state index is -1.06. The molecule has 170 valence electrons. The molecular formula is C24H35N3O4. The molecule has 1 aromatic carbocycles. The van der Waals surface area contributed by atoms with E-state index in [9.17, 15) is 14.4 Å². The quantitative estimate of drug-likeness (QED) is 0.553. The molecule has 1 rings (SSSR count). The molecule has 7 heteroatoms. The van der Waals surface area contributed by atoms with Crippen LogP contribution in [-0.4, -0.2) is 40.0 Å². The molecule has 7 nitrogen and oxygen atoms in total. The number of carbonyl (C=O) groups excluding carboxylic acids is 3. The Balaban J connectivity index is 3.32. The van der Waals surface area contributed by atoms with Crippen molar-refractivity contribution in [2.24, 2.45) is 0 Å². The summed E-state index contributed by atoms with van der Waals surface area (Å²) in [5.74, 6) is -1.000. The van der Waals surface area contributed by atoms with Gasteiger partial charge in [-0.1, -0.05) is 30.2 Å². The van der Waals surface area contributed by atoms with E-state index in [-0.39, 0.29) is 0 Å². The molecule has 2 unspecified atom stereocenters. The van der Waals surface area contributed by atoms with Crippen molar-refractivity contribution in [2.75, 3.05) is 0 Å². The van der Waals surface area contributed by atoms with Gasteiger partial charge >= 0.3 is 6.09 Å². The lowest BCUT2D eigenvalue weighted by molar-refractivity contribution is -0.138. The van der Waals surface area contributed by atoms with E-state index in [1.807, 2.05) is 52.8 Å². The van der Waals surface area contributed by atoms with E-state index in [2.05, 4.69) is 16.7 Å². The van der Waals surface area contributed by atoms with Crippen molar-refractivity contribution >= 4 is 17.9 Å². The van der Waals surface area contributed by atoms with Gasteiger partial charge in [-0.25, -0.2) is 4.79 Å². The van der Waals surface area contributed by atoms with Crippen LogP contribution in [0.4, 0.5) is 4.79 Å². The van der Waals surface area contributed by atoms with Crippen molar-refractivity contribution in [1.29, 1.82) is 0 Å². The van der Waals surface area contributed by atoms with Gasteiger partial charge in [-0.2, -0.15) is 0 Å². The van der Waals surface area contributed by atoms with E-state index in [1.54, 1.807) is 20.8 Å².